The van der Waals surface area contributed by atoms with Gasteiger partial charge in [0.15, 0.2) is 5.69 Å². The van der Waals surface area contributed by atoms with Gasteiger partial charge in [0.25, 0.3) is 5.56 Å². The lowest BCUT2D eigenvalue weighted by atomic mass is 10.1. The van der Waals surface area contributed by atoms with E-state index in [9.17, 15) is 19.2 Å². The van der Waals surface area contributed by atoms with Crippen LogP contribution in [-0.4, -0.2) is 34.6 Å². The summed E-state index contributed by atoms with van der Waals surface area (Å²) in [5.41, 5.74) is 6.36. The molecule has 2 rings (SSSR count). The Hall–Kier alpha value is -3.56. The second kappa shape index (κ2) is 11.9. The first-order valence-corrected chi connectivity index (χ1v) is 11.2. The number of rotatable bonds is 10. The lowest BCUT2D eigenvalue weighted by Crippen LogP contribution is -2.46. The quantitative estimate of drug-likeness (QED) is 0.432. The number of nitrogens with two attached hydrogens (primary N) is 1. The summed E-state index contributed by atoms with van der Waals surface area (Å²) in [4.78, 5) is 53.8. The average Bonchev–Trinajstić information content (AvgIpc) is 2.73. The highest BCUT2D eigenvalue weighted by atomic mass is 16.2. The van der Waals surface area contributed by atoms with Crippen LogP contribution in [0.25, 0.3) is 0 Å². The normalized spacial score (nSPS) is 10.8. The van der Waals surface area contributed by atoms with E-state index in [1.165, 1.54) is 9.47 Å². The van der Waals surface area contributed by atoms with Crippen molar-refractivity contribution in [1.29, 1.82) is 0 Å². The van der Waals surface area contributed by atoms with Crippen molar-refractivity contribution in [1.82, 2.24) is 14.9 Å². The number of urea groups is 1. The predicted molar refractivity (Wildman–Crippen MR) is 131 cm³/mol. The zero-order valence-corrected chi connectivity index (χ0v) is 19.7. The maximum Gasteiger partial charge on any atom is 0.330 e. The van der Waals surface area contributed by atoms with Gasteiger partial charge in [-0.25, -0.2) is 9.59 Å². The van der Waals surface area contributed by atoms with E-state index >= 15 is 0 Å². The maximum absolute atomic E-state index is 13.1. The number of aromatic nitrogens is 2. The number of nitrogens with zero attached hydrogens (tertiary/aromatic N) is 2. The topological polar surface area (TPSA) is 142 Å². The molecular formula is C23H34N6O4. The van der Waals surface area contributed by atoms with E-state index in [4.69, 9.17) is 5.73 Å². The third-order valence-electron chi connectivity index (χ3n) is 5.13. The van der Waals surface area contributed by atoms with Gasteiger partial charge in [-0.1, -0.05) is 39.3 Å². The number of H-pyrrole nitrogens is 1. The molecule has 0 saturated carbocycles. The number of nitrogens with one attached hydrogen (secondary N) is 3. The average molecular weight is 459 g/mol. The molecule has 0 bridgehead atoms. The fraction of sp³-hybridized carbons (Fsp3) is 0.478. The minimum absolute atomic E-state index is 0.0569. The summed E-state index contributed by atoms with van der Waals surface area (Å²) >= 11 is 0. The van der Waals surface area contributed by atoms with E-state index in [0.29, 0.717) is 25.1 Å². The predicted octanol–water partition coefficient (Wildman–Crippen LogP) is 2.43. The van der Waals surface area contributed by atoms with Crippen LogP contribution >= 0.6 is 0 Å². The van der Waals surface area contributed by atoms with Crippen molar-refractivity contribution in [3.05, 3.63) is 50.7 Å². The van der Waals surface area contributed by atoms with Crippen molar-refractivity contribution in [3.8, 4) is 0 Å². The number of carbonyl (C=O) groups excluding carboxylic acids is 2. The third-order valence-corrected chi connectivity index (χ3v) is 5.13. The molecule has 0 unspecified atom stereocenters. The number of hydrogen-bond acceptors (Lipinski definition) is 5. The number of hydrogen-bond donors (Lipinski definition) is 4. The molecule has 1 aromatic heterocycles. The molecule has 0 spiro atoms. The van der Waals surface area contributed by atoms with Crippen LogP contribution in [0.2, 0.25) is 0 Å². The molecule has 10 nitrogen and oxygen atoms in total. The van der Waals surface area contributed by atoms with E-state index in [1.807, 2.05) is 39.8 Å². The van der Waals surface area contributed by atoms with Crippen LogP contribution in [-0.2, 0) is 11.3 Å². The zero-order chi connectivity index (χ0) is 24.5. The highest BCUT2D eigenvalue weighted by Crippen LogP contribution is 2.19. The Labute approximate surface area is 193 Å². The lowest BCUT2D eigenvalue weighted by molar-refractivity contribution is -0.117. The fourth-order valence-electron chi connectivity index (χ4n) is 3.27. The Morgan fingerprint density at radius 3 is 2.61 bits per heavy atom. The number of unbranched alkanes of at least 4 members (excludes halogenated alkanes) is 1. The van der Waals surface area contributed by atoms with Crippen LogP contribution < -0.4 is 32.5 Å². The van der Waals surface area contributed by atoms with Gasteiger partial charge in [0.2, 0.25) is 5.91 Å². The van der Waals surface area contributed by atoms with Crippen molar-refractivity contribution in [2.45, 2.75) is 53.5 Å². The second-order valence-electron chi connectivity index (χ2n) is 8.40. The standard InChI is InChI=1S/C23H34N6O4/c1-5-6-11-29-20(24)19(21(31)27-23(29)33)28(12-10-15(2)3)18(30)14-25-22(32)26-17-9-7-8-16(4)13-17/h7-9,13,15H,5-6,10-12,14,24H2,1-4H3,(H2,25,26,32)(H,27,31,33). The number of aryl methyl sites for hydroxylation is 1. The Bertz CT molecular complexity index is 1090. The molecule has 2 aromatic rings. The molecule has 0 aliphatic carbocycles. The smallest absolute Gasteiger partial charge is 0.330 e. The highest BCUT2D eigenvalue weighted by molar-refractivity contribution is 5.99. The SMILES string of the molecule is CCCCn1c(N)c(N(CCC(C)C)C(=O)CNC(=O)Nc2cccc(C)c2)c(=O)[nH]c1=O. The van der Waals surface area contributed by atoms with Crippen LogP contribution in [0, 0.1) is 12.8 Å². The summed E-state index contributed by atoms with van der Waals surface area (Å²) in [5, 5.41) is 5.20. The van der Waals surface area contributed by atoms with E-state index < -0.39 is 23.2 Å². The zero-order valence-electron chi connectivity index (χ0n) is 19.7. The number of amides is 3. The van der Waals surface area contributed by atoms with Crippen molar-refractivity contribution in [2.75, 3.05) is 29.0 Å². The highest BCUT2D eigenvalue weighted by Gasteiger charge is 2.24. The Morgan fingerprint density at radius 1 is 1.24 bits per heavy atom. The summed E-state index contributed by atoms with van der Waals surface area (Å²) in [6.45, 7) is 8.06. The van der Waals surface area contributed by atoms with E-state index in [1.54, 1.807) is 12.1 Å². The number of nitrogen functional groups attached to an aromatic ring is 1. The van der Waals surface area contributed by atoms with E-state index in [-0.39, 0.29) is 30.5 Å². The first-order valence-electron chi connectivity index (χ1n) is 11.2. The molecule has 0 aliphatic rings. The van der Waals surface area contributed by atoms with Crippen molar-refractivity contribution in [3.63, 3.8) is 0 Å². The fourth-order valence-corrected chi connectivity index (χ4v) is 3.27. The van der Waals surface area contributed by atoms with Gasteiger partial charge in [-0.2, -0.15) is 0 Å². The molecule has 10 heteroatoms. The molecule has 1 heterocycles. The van der Waals surface area contributed by atoms with Crippen molar-refractivity contribution < 1.29 is 9.59 Å². The first-order chi connectivity index (χ1) is 15.6. The summed E-state index contributed by atoms with van der Waals surface area (Å²) < 4.78 is 1.27. The van der Waals surface area contributed by atoms with Crippen LogP contribution in [0.15, 0.2) is 33.9 Å². The summed E-state index contributed by atoms with van der Waals surface area (Å²) in [7, 11) is 0. The Balaban J connectivity index is 2.25. The van der Waals surface area contributed by atoms with Crippen LogP contribution in [0.5, 0.6) is 0 Å². The van der Waals surface area contributed by atoms with Gasteiger partial charge >= 0.3 is 11.7 Å². The number of anilines is 3. The second-order valence-corrected chi connectivity index (χ2v) is 8.40. The molecule has 3 amide bonds. The molecule has 0 saturated heterocycles. The van der Waals surface area contributed by atoms with Crippen LogP contribution in [0.3, 0.4) is 0 Å². The van der Waals surface area contributed by atoms with Crippen LogP contribution in [0.4, 0.5) is 22.0 Å². The van der Waals surface area contributed by atoms with Gasteiger partial charge in [-0.3, -0.25) is 19.1 Å². The van der Waals surface area contributed by atoms with Gasteiger partial charge in [0.05, 0.1) is 6.54 Å². The van der Waals surface area contributed by atoms with Gasteiger partial charge in [0, 0.05) is 18.8 Å². The minimum Gasteiger partial charge on any atom is -0.383 e. The number of benzene rings is 1. The minimum atomic E-state index is -0.730. The van der Waals surface area contributed by atoms with Gasteiger partial charge < -0.3 is 21.3 Å². The molecular weight excluding hydrogens is 424 g/mol. The molecule has 0 aliphatic heterocycles. The third kappa shape index (κ3) is 7.23. The number of aromatic amines is 1. The van der Waals surface area contributed by atoms with Gasteiger partial charge in [-0.05, 0) is 43.4 Å². The largest absolute Gasteiger partial charge is 0.383 e. The van der Waals surface area contributed by atoms with Crippen LogP contribution in [0.1, 0.15) is 45.6 Å². The van der Waals surface area contributed by atoms with Gasteiger partial charge in [0.1, 0.15) is 5.82 Å². The lowest BCUT2D eigenvalue weighted by Gasteiger charge is -2.25. The monoisotopic (exact) mass is 458 g/mol. The Kier molecular flexibility index (Phi) is 9.26. The molecule has 33 heavy (non-hydrogen) atoms. The maximum atomic E-state index is 13.1. The summed E-state index contributed by atoms with van der Waals surface area (Å²) in [6.07, 6.45) is 2.13. The molecule has 0 radical (unpaired) electrons. The molecule has 1 aromatic carbocycles. The van der Waals surface area contributed by atoms with Gasteiger partial charge in [-0.15, -0.1) is 0 Å². The first kappa shape index (κ1) is 25.7. The summed E-state index contributed by atoms with van der Waals surface area (Å²) in [6, 6.07) is 6.71. The molecule has 0 atom stereocenters. The van der Waals surface area contributed by atoms with E-state index in [0.717, 1.165) is 12.0 Å². The summed E-state index contributed by atoms with van der Waals surface area (Å²) in [5.74, 6) is -0.310. The molecule has 5 N–H and O–H groups in total. The van der Waals surface area contributed by atoms with Crippen molar-refractivity contribution in [2.24, 2.45) is 5.92 Å². The Morgan fingerprint density at radius 2 is 1.97 bits per heavy atom. The van der Waals surface area contributed by atoms with Crippen molar-refractivity contribution >= 4 is 29.1 Å². The molecule has 0 fully saturated rings. The number of carbonyl (C=O) groups is 2. The molecule has 180 valence electrons. The van der Waals surface area contributed by atoms with E-state index in [2.05, 4.69) is 15.6 Å².